The number of carboxylic acids is 1. The van der Waals surface area contributed by atoms with Gasteiger partial charge in [0.15, 0.2) is 0 Å². The molecule has 0 saturated carbocycles. The smallest absolute Gasteiger partial charge is 0.306 e. The van der Waals surface area contributed by atoms with E-state index in [4.69, 9.17) is 11.6 Å². The third kappa shape index (κ3) is 5.69. The molecule has 0 spiro atoms. The van der Waals surface area contributed by atoms with E-state index in [0.717, 1.165) is 16.7 Å². The van der Waals surface area contributed by atoms with Crippen LogP contribution < -0.4 is 21.8 Å². The van der Waals surface area contributed by atoms with Gasteiger partial charge in [-0.05, 0) is 41.7 Å². The van der Waals surface area contributed by atoms with Crippen molar-refractivity contribution in [3.05, 3.63) is 59.1 Å². The van der Waals surface area contributed by atoms with E-state index in [9.17, 15) is 14.7 Å². The van der Waals surface area contributed by atoms with Gasteiger partial charge in [0, 0.05) is 11.1 Å². The molecule has 29 heavy (non-hydrogen) atoms. The molecular formula is C20H22ClN5O3. The minimum atomic E-state index is -0.903. The number of halogens is 1. The molecule has 8 nitrogen and oxygen atoms in total. The molecule has 0 fully saturated rings. The summed E-state index contributed by atoms with van der Waals surface area (Å²) in [6, 6.07) is 15.1. The summed E-state index contributed by atoms with van der Waals surface area (Å²) in [7, 11) is 0. The van der Waals surface area contributed by atoms with Gasteiger partial charge in [-0.25, -0.2) is 5.53 Å². The number of benzene rings is 2. The number of carboxylic acid groups (broad SMARTS) is 1. The van der Waals surface area contributed by atoms with Crippen LogP contribution in [0.4, 0.5) is 0 Å². The van der Waals surface area contributed by atoms with Crippen molar-refractivity contribution >= 4 is 29.3 Å². The van der Waals surface area contributed by atoms with Gasteiger partial charge >= 0.3 is 5.97 Å². The Morgan fingerprint density at radius 1 is 1.17 bits per heavy atom. The van der Waals surface area contributed by atoms with Gasteiger partial charge in [0.05, 0.1) is 5.92 Å². The summed E-state index contributed by atoms with van der Waals surface area (Å²) in [6.07, 6.45) is 0.790. The van der Waals surface area contributed by atoms with E-state index in [1.54, 1.807) is 6.92 Å². The maximum absolute atomic E-state index is 12.3. The molecule has 9 heteroatoms. The molecule has 1 unspecified atom stereocenters. The second-order valence-electron chi connectivity index (χ2n) is 6.88. The molecule has 1 amide bonds. The van der Waals surface area contributed by atoms with E-state index in [-0.39, 0.29) is 11.9 Å². The highest BCUT2D eigenvalue weighted by atomic mass is 35.5. The lowest BCUT2D eigenvalue weighted by Crippen LogP contribution is -2.47. The molecule has 1 heterocycles. The number of hydrazone groups is 1. The molecule has 0 radical (unpaired) electrons. The fourth-order valence-electron chi connectivity index (χ4n) is 3.07. The van der Waals surface area contributed by atoms with E-state index >= 15 is 0 Å². The Hall–Kier alpha value is -3.10. The number of hydrazine groups is 2. The van der Waals surface area contributed by atoms with Crippen molar-refractivity contribution in [1.82, 2.24) is 21.8 Å². The van der Waals surface area contributed by atoms with Gasteiger partial charge in [0.2, 0.25) is 5.84 Å². The SMILES string of the molecule is C[C@H](CC(Cc1ccc(-c2cccc(Cl)c2)cc1)NC(=O)C1=NNNN1)C(=O)O. The molecule has 2 atom stereocenters. The van der Waals surface area contributed by atoms with E-state index in [0.29, 0.717) is 17.9 Å². The van der Waals surface area contributed by atoms with Crippen LogP contribution >= 0.6 is 11.6 Å². The number of nitrogens with one attached hydrogen (secondary N) is 4. The Morgan fingerprint density at radius 3 is 2.55 bits per heavy atom. The molecule has 2 aromatic rings. The molecule has 3 rings (SSSR count). The Labute approximate surface area is 173 Å². The highest BCUT2D eigenvalue weighted by molar-refractivity contribution is 6.38. The minimum Gasteiger partial charge on any atom is -0.481 e. The normalized spacial score (nSPS) is 14.9. The van der Waals surface area contributed by atoms with Crippen LogP contribution in [0.15, 0.2) is 53.6 Å². The Balaban J connectivity index is 1.72. The lowest BCUT2D eigenvalue weighted by Gasteiger charge is -2.21. The maximum atomic E-state index is 12.3. The van der Waals surface area contributed by atoms with Crippen molar-refractivity contribution in [2.45, 2.75) is 25.8 Å². The lowest BCUT2D eigenvalue weighted by atomic mass is 9.95. The number of amidine groups is 1. The third-order valence-corrected chi connectivity index (χ3v) is 4.84. The van der Waals surface area contributed by atoms with Crippen molar-refractivity contribution in [3.8, 4) is 11.1 Å². The lowest BCUT2D eigenvalue weighted by molar-refractivity contribution is -0.141. The zero-order valence-electron chi connectivity index (χ0n) is 15.8. The fourth-order valence-corrected chi connectivity index (χ4v) is 3.26. The average Bonchev–Trinajstić information content (AvgIpc) is 3.23. The summed E-state index contributed by atoms with van der Waals surface area (Å²) in [5, 5.41) is 16.5. The van der Waals surface area contributed by atoms with Gasteiger partial charge in [-0.15, -0.1) is 10.6 Å². The van der Waals surface area contributed by atoms with Gasteiger partial charge in [-0.1, -0.05) is 54.9 Å². The summed E-state index contributed by atoms with van der Waals surface area (Å²) in [5.74, 6) is -1.82. The van der Waals surface area contributed by atoms with Crippen molar-refractivity contribution in [1.29, 1.82) is 0 Å². The number of hydrogen-bond donors (Lipinski definition) is 5. The predicted molar refractivity (Wildman–Crippen MR) is 111 cm³/mol. The van der Waals surface area contributed by atoms with Crippen molar-refractivity contribution < 1.29 is 14.7 Å². The number of carbonyl (C=O) groups is 2. The number of nitrogens with zero attached hydrogens (tertiary/aromatic N) is 1. The van der Waals surface area contributed by atoms with Crippen LogP contribution in [0.5, 0.6) is 0 Å². The van der Waals surface area contributed by atoms with E-state index in [2.05, 4.69) is 26.9 Å². The predicted octanol–water partition coefficient (Wildman–Crippen LogP) is 2.07. The average molecular weight is 416 g/mol. The van der Waals surface area contributed by atoms with E-state index < -0.39 is 17.8 Å². The first-order valence-corrected chi connectivity index (χ1v) is 9.52. The number of hydrogen-bond acceptors (Lipinski definition) is 6. The summed E-state index contributed by atoms with van der Waals surface area (Å²) in [6.45, 7) is 1.62. The Kier molecular flexibility index (Phi) is 6.69. The standard InChI is InChI=1S/C20H22ClN5O3/c1-12(20(28)29)9-17(22-19(27)18-23-25-26-24-18)10-13-5-7-14(8-6-13)15-3-2-4-16(21)11-15/h2-8,11-12,17,25-26H,9-10H2,1H3,(H,22,27)(H,23,24)(H,28,29)/t12-,17?/m1/s1. The van der Waals surface area contributed by atoms with Gasteiger partial charge in [0.1, 0.15) is 0 Å². The monoisotopic (exact) mass is 415 g/mol. The van der Waals surface area contributed by atoms with Crippen LogP contribution in [0.2, 0.25) is 5.02 Å². The van der Waals surface area contributed by atoms with Gasteiger partial charge in [-0.3, -0.25) is 15.0 Å². The molecule has 1 aliphatic heterocycles. The van der Waals surface area contributed by atoms with Crippen LogP contribution in [0, 0.1) is 5.92 Å². The number of aliphatic carboxylic acids is 1. The van der Waals surface area contributed by atoms with Crippen LogP contribution in [0.1, 0.15) is 18.9 Å². The summed E-state index contributed by atoms with van der Waals surface area (Å²) in [5.41, 5.74) is 10.5. The third-order valence-electron chi connectivity index (χ3n) is 4.61. The molecule has 0 aliphatic carbocycles. The van der Waals surface area contributed by atoms with E-state index in [1.165, 1.54) is 0 Å². The van der Waals surface area contributed by atoms with Gasteiger partial charge < -0.3 is 10.4 Å². The maximum Gasteiger partial charge on any atom is 0.306 e. The van der Waals surface area contributed by atoms with Crippen LogP contribution in [0.25, 0.3) is 11.1 Å². The van der Waals surface area contributed by atoms with Crippen LogP contribution in [-0.2, 0) is 16.0 Å². The molecule has 0 bridgehead atoms. The van der Waals surface area contributed by atoms with Crippen molar-refractivity contribution in [3.63, 3.8) is 0 Å². The minimum absolute atomic E-state index is 0.0919. The summed E-state index contributed by atoms with van der Waals surface area (Å²) in [4.78, 5) is 23.6. The van der Waals surface area contributed by atoms with Crippen LogP contribution in [-0.4, -0.2) is 28.9 Å². The number of amides is 1. The highest BCUT2D eigenvalue weighted by Crippen LogP contribution is 2.23. The molecule has 152 valence electrons. The molecular weight excluding hydrogens is 394 g/mol. The van der Waals surface area contributed by atoms with Crippen molar-refractivity contribution in [2.75, 3.05) is 0 Å². The Morgan fingerprint density at radius 2 is 1.93 bits per heavy atom. The second-order valence-corrected chi connectivity index (χ2v) is 7.32. The highest BCUT2D eigenvalue weighted by Gasteiger charge is 2.23. The molecule has 0 saturated heterocycles. The quantitative estimate of drug-likeness (QED) is 0.451. The Bertz CT molecular complexity index is 917. The fraction of sp³-hybridized carbons (Fsp3) is 0.250. The van der Waals surface area contributed by atoms with Gasteiger partial charge in [0.25, 0.3) is 5.91 Å². The van der Waals surface area contributed by atoms with Gasteiger partial charge in [-0.2, -0.15) is 0 Å². The first-order valence-electron chi connectivity index (χ1n) is 9.14. The first-order chi connectivity index (χ1) is 13.9. The summed E-state index contributed by atoms with van der Waals surface area (Å²) >= 11 is 6.06. The van der Waals surface area contributed by atoms with Crippen LogP contribution in [0.3, 0.4) is 0 Å². The molecule has 5 N–H and O–H groups in total. The zero-order chi connectivity index (χ0) is 20.8. The van der Waals surface area contributed by atoms with E-state index in [1.807, 2.05) is 48.5 Å². The molecule has 1 aliphatic rings. The van der Waals surface area contributed by atoms with Crippen molar-refractivity contribution in [2.24, 2.45) is 11.0 Å². The second kappa shape index (κ2) is 9.40. The largest absolute Gasteiger partial charge is 0.481 e. The zero-order valence-corrected chi connectivity index (χ0v) is 16.5. The molecule has 0 aromatic heterocycles. The summed E-state index contributed by atoms with van der Waals surface area (Å²) < 4.78 is 0. The number of rotatable bonds is 8. The first kappa shape index (κ1) is 20.6. The topological polar surface area (TPSA) is 115 Å². The number of carbonyl (C=O) groups excluding carboxylic acids is 1. The molecule has 2 aromatic carbocycles.